The number of nitrogens with zero attached hydrogens (tertiary/aromatic N) is 1. The Balaban J connectivity index is 2.06. The minimum atomic E-state index is -0.955. The average Bonchev–Trinajstić information content (AvgIpc) is 2.94. The molecular formula is C15H18N2O4. The Morgan fingerprint density at radius 3 is 2.52 bits per heavy atom. The third-order valence-electron chi connectivity index (χ3n) is 3.54. The second-order valence-corrected chi connectivity index (χ2v) is 5.10. The van der Waals surface area contributed by atoms with E-state index in [9.17, 15) is 14.4 Å². The second kappa shape index (κ2) is 6.39. The van der Waals surface area contributed by atoms with E-state index in [1.807, 2.05) is 0 Å². The highest BCUT2D eigenvalue weighted by molar-refractivity contribution is 5.97. The molecule has 1 saturated heterocycles. The first-order valence-corrected chi connectivity index (χ1v) is 6.86. The number of nitrogens with one attached hydrogen (secondary N) is 1. The Labute approximate surface area is 122 Å². The van der Waals surface area contributed by atoms with Gasteiger partial charge in [0.1, 0.15) is 6.04 Å². The standard InChI is InChI=1S/C15H18N2O4/c1-10(18)16-9-11-4-6-12(7-5-11)14(19)17-8-2-3-13(17)15(20)21/h4-7,13H,2-3,8-9H2,1H3,(H,16,18)(H,20,21). The lowest BCUT2D eigenvalue weighted by Crippen LogP contribution is -2.40. The molecule has 2 rings (SSSR count). The van der Waals surface area contributed by atoms with E-state index < -0.39 is 12.0 Å². The number of likely N-dealkylation sites (tertiary alicyclic amines) is 1. The summed E-state index contributed by atoms with van der Waals surface area (Å²) in [4.78, 5) is 35.7. The summed E-state index contributed by atoms with van der Waals surface area (Å²) in [6.45, 7) is 2.33. The zero-order valence-electron chi connectivity index (χ0n) is 11.8. The molecule has 2 N–H and O–H groups in total. The molecule has 1 unspecified atom stereocenters. The number of hydrogen-bond donors (Lipinski definition) is 2. The van der Waals surface area contributed by atoms with Crippen LogP contribution in [-0.2, 0) is 16.1 Å². The number of carbonyl (C=O) groups excluding carboxylic acids is 2. The van der Waals surface area contributed by atoms with E-state index >= 15 is 0 Å². The van der Waals surface area contributed by atoms with Crippen LogP contribution in [0, 0.1) is 0 Å². The van der Waals surface area contributed by atoms with E-state index in [0.29, 0.717) is 31.5 Å². The molecular weight excluding hydrogens is 272 g/mol. The number of carboxylic acids is 1. The van der Waals surface area contributed by atoms with Gasteiger partial charge in [-0.25, -0.2) is 4.79 Å². The summed E-state index contributed by atoms with van der Waals surface area (Å²) in [6.07, 6.45) is 1.21. The molecule has 1 aliphatic rings. The van der Waals surface area contributed by atoms with Crippen LogP contribution in [0.4, 0.5) is 0 Å². The van der Waals surface area contributed by atoms with Crippen molar-refractivity contribution in [1.82, 2.24) is 10.2 Å². The molecule has 1 aromatic rings. The van der Waals surface area contributed by atoms with Crippen LogP contribution in [0.15, 0.2) is 24.3 Å². The molecule has 0 aromatic heterocycles. The van der Waals surface area contributed by atoms with Crippen LogP contribution in [-0.4, -0.2) is 40.4 Å². The maximum Gasteiger partial charge on any atom is 0.326 e. The van der Waals surface area contributed by atoms with Gasteiger partial charge in [0.25, 0.3) is 5.91 Å². The Morgan fingerprint density at radius 1 is 1.29 bits per heavy atom. The minimum Gasteiger partial charge on any atom is -0.480 e. The molecule has 21 heavy (non-hydrogen) atoms. The third kappa shape index (κ3) is 3.59. The Hall–Kier alpha value is -2.37. The summed E-state index contributed by atoms with van der Waals surface area (Å²) in [5.74, 6) is -1.33. The zero-order chi connectivity index (χ0) is 15.4. The van der Waals surface area contributed by atoms with Gasteiger partial charge in [-0.05, 0) is 30.5 Å². The molecule has 1 atom stereocenters. The van der Waals surface area contributed by atoms with Crippen molar-refractivity contribution in [2.24, 2.45) is 0 Å². The number of hydrogen-bond acceptors (Lipinski definition) is 3. The van der Waals surface area contributed by atoms with E-state index in [2.05, 4.69) is 5.32 Å². The molecule has 0 radical (unpaired) electrons. The molecule has 112 valence electrons. The SMILES string of the molecule is CC(=O)NCc1ccc(C(=O)N2CCCC2C(=O)O)cc1. The van der Waals surface area contributed by atoms with Crippen molar-refractivity contribution in [3.05, 3.63) is 35.4 Å². The molecule has 1 fully saturated rings. The third-order valence-corrected chi connectivity index (χ3v) is 3.54. The molecule has 1 aliphatic heterocycles. The van der Waals surface area contributed by atoms with Crippen molar-refractivity contribution >= 4 is 17.8 Å². The summed E-state index contributed by atoms with van der Waals surface area (Å²) in [7, 11) is 0. The van der Waals surface area contributed by atoms with Crippen molar-refractivity contribution in [3.63, 3.8) is 0 Å². The van der Waals surface area contributed by atoms with Gasteiger partial charge in [-0.2, -0.15) is 0 Å². The van der Waals surface area contributed by atoms with Gasteiger partial charge in [0.05, 0.1) is 0 Å². The van der Waals surface area contributed by atoms with E-state index in [4.69, 9.17) is 5.11 Å². The lowest BCUT2D eigenvalue weighted by Gasteiger charge is -2.21. The average molecular weight is 290 g/mol. The van der Waals surface area contributed by atoms with Gasteiger partial charge in [-0.15, -0.1) is 0 Å². The molecule has 0 saturated carbocycles. The van der Waals surface area contributed by atoms with E-state index in [1.54, 1.807) is 24.3 Å². The van der Waals surface area contributed by atoms with Crippen LogP contribution >= 0.6 is 0 Å². The first-order valence-electron chi connectivity index (χ1n) is 6.86. The lowest BCUT2D eigenvalue weighted by atomic mass is 10.1. The predicted octanol–water partition coefficient (Wildman–Crippen LogP) is 1.01. The van der Waals surface area contributed by atoms with Gasteiger partial charge in [0.2, 0.25) is 5.91 Å². The number of carbonyl (C=O) groups is 3. The van der Waals surface area contributed by atoms with Gasteiger partial charge in [0, 0.05) is 25.6 Å². The van der Waals surface area contributed by atoms with E-state index in [-0.39, 0.29) is 11.8 Å². The first kappa shape index (κ1) is 15.0. The van der Waals surface area contributed by atoms with Gasteiger partial charge < -0.3 is 15.3 Å². The van der Waals surface area contributed by atoms with Crippen LogP contribution in [0.1, 0.15) is 35.7 Å². The molecule has 0 spiro atoms. The van der Waals surface area contributed by atoms with Crippen molar-refractivity contribution in [2.45, 2.75) is 32.4 Å². The minimum absolute atomic E-state index is 0.114. The molecule has 0 bridgehead atoms. The predicted molar refractivity (Wildman–Crippen MR) is 75.7 cm³/mol. The second-order valence-electron chi connectivity index (χ2n) is 5.10. The van der Waals surface area contributed by atoms with Crippen LogP contribution in [0.5, 0.6) is 0 Å². The summed E-state index contributed by atoms with van der Waals surface area (Å²) >= 11 is 0. The molecule has 0 aliphatic carbocycles. The smallest absolute Gasteiger partial charge is 0.326 e. The molecule has 1 aromatic carbocycles. The van der Waals surface area contributed by atoms with Crippen LogP contribution in [0.3, 0.4) is 0 Å². The molecule has 6 nitrogen and oxygen atoms in total. The zero-order valence-corrected chi connectivity index (χ0v) is 11.8. The van der Waals surface area contributed by atoms with Gasteiger partial charge in [-0.1, -0.05) is 12.1 Å². The van der Waals surface area contributed by atoms with Crippen molar-refractivity contribution < 1.29 is 19.5 Å². The summed E-state index contributed by atoms with van der Waals surface area (Å²) < 4.78 is 0. The van der Waals surface area contributed by atoms with E-state index in [1.165, 1.54) is 11.8 Å². The maximum atomic E-state index is 12.3. The number of benzene rings is 1. The molecule has 1 heterocycles. The monoisotopic (exact) mass is 290 g/mol. The van der Waals surface area contributed by atoms with Crippen molar-refractivity contribution in [1.29, 1.82) is 0 Å². The van der Waals surface area contributed by atoms with Gasteiger partial charge >= 0.3 is 5.97 Å². The van der Waals surface area contributed by atoms with Crippen LogP contribution < -0.4 is 5.32 Å². The maximum absolute atomic E-state index is 12.3. The quantitative estimate of drug-likeness (QED) is 0.866. The molecule has 2 amide bonds. The summed E-state index contributed by atoms with van der Waals surface area (Å²) in [5, 5.41) is 11.8. The largest absolute Gasteiger partial charge is 0.480 e. The Morgan fingerprint density at radius 2 is 1.95 bits per heavy atom. The highest BCUT2D eigenvalue weighted by Gasteiger charge is 2.34. The van der Waals surface area contributed by atoms with Crippen molar-refractivity contribution in [2.75, 3.05) is 6.54 Å². The fourth-order valence-corrected chi connectivity index (χ4v) is 2.42. The highest BCUT2D eigenvalue weighted by Crippen LogP contribution is 2.20. The van der Waals surface area contributed by atoms with E-state index in [0.717, 1.165) is 5.56 Å². The molecule has 6 heteroatoms. The summed E-state index contributed by atoms with van der Waals surface area (Å²) in [6, 6.07) is 6.12. The fourth-order valence-electron chi connectivity index (χ4n) is 2.42. The Bertz CT molecular complexity index is 553. The first-order chi connectivity index (χ1) is 9.99. The van der Waals surface area contributed by atoms with Gasteiger partial charge in [-0.3, -0.25) is 9.59 Å². The summed E-state index contributed by atoms with van der Waals surface area (Å²) in [5.41, 5.74) is 1.35. The number of aliphatic carboxylic acids is 1. The Kier molecular flexibility index (Phi) is 4.57. The normalized spacial score (nSPS) is 17.6. The fraction of sp³-hybridized carbons (Fsp3) is 0.400. The van der Waals surface area contributed by atoms with Crippen LogP contribution in [0.25, 0.3) is 0 Å². The lowest BCUT2D eigenvalue weighted by molar-refractivity contribution is -0.141. The van der Waals surface area contributed by atoms with Gasteiger partial charge in [0.15, 0.2) is 0 Å². The van der Waals surface area contributed by atoms with Crippen molar-refractivity contribution in [3.8, 4) is 0 Å². The van der Waals surface area contributed by atoms with Crippen LogP contribution in [0.2, 0.25) is 0 Å². The highest BCUT2D eigenvalue weighted by atomic mass is 16.4. The topological polar surface area (TPSA) is 86.7 Å². The number of amides is 2. The number of carboxylic acid groups (broad SMARTS) is 1. The number of rotatable bonds is 4.